The van der Waals surface area contributed by atoms with Gasteiger partial charge in [0.1, 0.15) is 5.82 Å². The van der Waals surface area contributed by atoms with Crippen LogP contribution >= 0.6 is 0 Å². The highest BCUT2D eigenvalue weighted by atomic mass is 15.1. The summed E-state index contributed by atoms with van der Waals surface area (Å²) >= 11 is 0. The van der Waals surface area contributed by atoms with E-state index < -0.39 is 0 Å². The largest absolute Gasteiger partial charge is 0.334 e. The number of rotatable bonds is 5. The molecule has 18 heavy (non-hydrogen) atoms. The second kappa shape index (κ2) is 5.83. The Hall–Kier alpha value is -1.61. The van der Waals surface area contributed by atoms with Crippen LogP contribution < -0.4 is 5.32 Å². The molecule has 0 saturated heterocycles. The van der Waals surface area contributed by atoms with Crippen molar-refractivity contribution in [3.63, 3.8) is 0 Å². The number of hydrogen-bond donors (Lipinski definition) is 1. The molecule has 0 spiro atoms. The maximum atomic E-state index is 4.47. The molecule has 3 heteroatoms. The summed E-state index contributed by atoms with van der Waals surface area (Å²) in [5.41, 5.74) is 2.64. The topological polar surface area (TPSA) is 29.9 Å². The van der Waals surface area contributed by atoms with Gasteiger partial charge in [-0.2, -0.15) is 0 Å². The van der Waals surface area contributed by atoms with Gasteiger partial charge in [0.2, 0.25) is 0 Å². The van der Waals surface area contributed by atoms with E-state index in [1.54, 1.807) is 0 Å². The molecular formula is C15H21N3. The highest BCUT2D eigenvalue weighted by Gasteiger charge is 2.14. The van der Waals surface area contributed by atoms with Crippen molar-refractivity contribution < 1.29 is 0 Å². The zero-order chi connectivity index (χ0) is 13.0. The first-order valence-corrected chi connectivity index (χ1v) is 6.48. The number of likely N-dealkylation sites (N-methyl/N-ethyl adjacent to an activating group) is 1. The number of aryl methyl sites for hydroxylation is 2. The molecule has 1 atom stereocenters. The van der Waals surface area contributed by atoms with Crippen LogP contribution in [0, 0.1) is 6.92 Å². The maximum absolute atomic E-state index is 4.47. The summed E-state index contributed by atoms with van der Waals surface area (Å²) in [6.45, 7) is 5.22. The predicted octanol–water partition coefficient (Wildman–Crippen LogP) is 2.71. The zero-order valence-corrected chi connectivity index (χ0v) is 11.4. The minimum Gasteiger partial charge on any atom is -0.334 e. The quantitative estimate of drug-likeness (QED) is 0.875. The summed E-state index contributed by atoms with van der Waals surface area (Å²) in [6.07, 6.45) is 4.88. The van der Waals surface area contributed by atoms with Gasteiger partial charge in [-0.25, -0.2) is 4.98 Å². The van der Waals surface area contributed by atoms with Crippen LogP contribution in [0.2, 0.25) is 0 Å². The molecule has 1 heterocycles. The van der Waals surface area contributed by atoms with Gasteiger partial charge in [0.25, 0.3) is 0 Å². The van der Waals surface area contributed by atoms with E-state index in [2.05, 4.69) is 53.0 Å². The van der Waals surface area contributed by atoms with Crippen LogP contribution in [-0.2, 0) is 13.0 Å². The summed E-state index contributed by atoms with van der Waals surface area (Å²) in [4.78, 5) is 4.47. The van der Waals surface area contributed by atoms with Crippen molar-refractivity contribution in [2.24, 2.45) is 0 Å². The average Bonchev–Trinajstić information content (AvgIpc) is 2.86. The Morgan fingerprint density at radius 2 is 2.00 bits per heavy atom. The van der Waals surface area contributed by atoms with Crippen LogP contribution in [0.3, 0.4) is 0 Å². The van der Waals surface area contributed by atoms with E-state index in [9.17, 15) is 0 Å². The van der Waals surface area contributed by atoms with Gasteiger partial charge >= 0.3 is 0 Å². The molecule has 1 N–H and O–H groups in total. The van der Waals surface area contributed by atoms with Gasteiger partial charge in [-0.05, 0) is 32.9 Å². The normalized spacial score (nSPS) is 12.6. The number of nitrogens with zero attached hydrogens (tertiary/aromatic N) is 2. The van der Waals surface area contributed by atoms with E-state index in [0.29, 0.717) is 0 Å². The molecule has 1 aromatic carbocycles. The highest BCUT2D eigenvalue weighted by Crippen LogP contribution is 2.17. The van der Waals surface area contributed by atoms with Gasteiger partial charge in [0.15, 0.2) is 0 Å². The molecule has 1 aromatic heterocycles. The lowest BCUT2D eigenvalue weighted by atomic mass is 10.0. The fraction of sp³-hybridized carbons (Fsp3) is 0.400. The molecule has 0 radical (unpaired) electrons. The maximum Gasteiger partial charge on any atom is 0.126 e. The van der Waals surface area contributed by atoms with E-state index >= 15 is 0 Å². The number of aromatic nitrogens is 2. The third-order valence-electron chi connectivity index (χ3n) is 3.31. The fourth-order valence-corrected chi connectivity index (χ4v) is 2.18. The van der Waals surface area contributed by atoms with E-state index in [0.717, 1.165) is 18.8 Å². The van der Waals surface area contributed by atoms with Crippen LogP contribution in [0.4, 0.5) is 0 Å². The second-order valence-corrected chi connectivity index (χ2v) is 4.60. The van der Waals surface area contributed by atoms with Crippen molar-refractivity contribution in [1.82, 2.24) is 14.9 Å². The highest BCUT2D eigenvalue weighted by molar-refractivity contribution is 5.23. The van der Waals surface area contributed by atoms with Crippen LogP contribution in [-0.4, -0.2) is 16.6 Å². The summed E-state index contributed by atoms with van der Waals surface area (Å²) < 4.78 is 2.19. The van der Waals surface area contributed by atoms with Gasteiger partial charge in [0, 0.05) is 18.9 Å². The Labute approximate surface area is 109 Å². The Kier molecular flexibility index (Phi) is 4.15. The fourth-order valence-electron chi connectivity index (χ4n) is 2.18. The first-order valence-electron chi connectivity index (χ1n) is 6.48. The molecule has 3 nitrogen and oxygen atoms in total. The Bertz CT molecular complexity index is 485. The van der Waals surface area contributed by atoms with E-state index in [1.807, 2.05) is 19.4 Å². The number of hydrogen-bond acceptors (Lipinski definition) is 2. The van der Waals surface area contributed by atoms with E-state index in [-0.39, 0.29) is 6.04 Å². The monoisotopic (exact) mass is 243 g/mol. The molecule has 0 fully saturated rings. The SMILES string of the molecule is CCn1ccnc1C(Cc1ccc(C)cc1)NC. The van der Waals surface area contributed by atoms with Crippen LogP contribution in [0.5, 0.6) is 0 Å². The summed E-state index contributed by atoms with van der Waals surface area (Å²) in [7, 11) is 1.99. The molecule has 0 bridgehead atoms. The molecule has 0 saturated carbocycles. The van der Waals surface area contributed by atoms with E-state index in [4.69, 9.17) is 0 Å². The van der Waals surface area contributed by atoms with Crippen molar-refractivity contribution in [3.8, 4) is 0 Å². The number of nitrogens with one attached hydrogen (secondary N) is 1. The Morgan fingerprint density at radius 3 is 2.61 bits per heavy atom. The molecule has 2 rings (SSSR count). The first kappa shape index (κ1) is 12.8. The van der Waals surface area contributed by atoms with Gasteiger partial charge in [-0.3, -0.25) is 0 Å². The van der Waals surface area contributed by atoms with Gasteiger partial charge in [0.05, 0.1) is 6.04 Å². The third-order valence-corrected chi connectivity index (χ3v) is 3.31. The Balaban J connectivity index is 2.17. The van der Waals surface area contributed by atoms with Crippen LogP contribution in [0.15, 0.2) is 36.7 Å². The van der Waals surface area contributed by atoms with Crippen LogP contribution in [0.1, 0.15) is 29.9 Å². The lowest BCUT2D eigenvalue weighted by Gasteiger charge is -2.17. The molecule has 0 amide bonds. The Morgan fingerprint density at radius 1 is 1.28 bits per heavy atom. The molecule has 2 aromatic rings. The van der Waals surface area contributed by atoms with Crippen molar-refractivity contribution in [3.05, 3.63) is 53.6 Å². The minimum absolute atomic E-state index is 0.266. The number of imidazole rings is 1. The second-order valence-electron chi connectivity index (χ2n) is 4.60. The molecule has 0 aliphatic rings. The van der Waals surface area contributed by atoms with Crippen molar-refractivity contribution in [2.45, 2.75) is 32.9 Å². The summed E-state index contributed by atoms with van der Waals surface area (Å²) in [5, 5.41) is 3.36. The minimum atomic E-state index is 0.266. The summed E-state index contributed by atoms with van der Waals surface area (Å²) in [5.74, 6) is 1.11. The van der Waals surface area contributed by atoms with E-state index in [1.165, 1.54) is 11.1 Å². The van der Waals surface area contributed by atoms with Gasteiger partial charge < -0.3 is 9.88 Å². The predicted molar refractivity (Wildman–Crippen MR) is 74.6 cm³/mol. The number of benzene rings is 1. The molecule has 0 aliphatic carbocycles. The third kappa shape index (κ3) is 2.79. The van der Waals surface area contributed by atoms with Crippen molar-refractivity contribution in [1.29, 1.82) is 0 Å². The first-order chi connectivity index (χ1) is 8.74. The van der Waals surface area contributed by atoms with Crippen LogP contribution in [0.25, 0.3) is 0 Å². The van der Waals surface area contributed by atoms with Crippen molar-refractivity contribution >= 4 is 0 Å². The van der Waals surface area contributed by atoms with Gasteiger partial charge in [-0.1, -0.05) is 29.8 Å². The molecular weight excluding hydrogens is 222 g/mol. The van der Waals surface area contributed by atoms with Gasteiger partial charge in [-0.15, -0.1) is 0 Å². The lowest BCUT2D eigenvalue weighted by Crippen LogP contribution is -2.22. The average molecular weight is 243 g/mol. The smallest absolute Gasteiger partial charge is 0.126 e. The molecule has 1 unspecified atom stereocenters. The van der Waals surface area contributed by atoms with Crippen molar-refractivity contribution in [2.75, 3.05) is 7.05 Å². The standard InChI is InChI=1S/C15H21N3/c1-4-18-10-9-17-15(18)14(16-3)11-13-7-5-12(2)6-8-13/h5-10,14,16H,4,11H2,1-3H3. The lowest BCUT2D eigenvalue weighted by molar-refractivity contribution is 0.523. The molecule has 96 valence electrons. The zero-order valence-electron chi connectivity index (χ0n) is 11.4. The summed E-state index contributed by atoms with van der Waals surface area (Å²) in [6, 6.07) is 8.98. The molecule has 0 aliphatic heterocycles.